The number of hydrogen-bond donors (Lipinski definition) is 9. The molecule has 2 aromatic carbocycles. The Morgan fingerprint density at radius 3 is 2.24 bits per heavy atom. The van der Waals surface area contributed by atoms with Gasteiger partial charge in [-0.2, -0.15) is 11.8 Å². The number of aromatic amines is 1. The number of rotatable bonds is 14. The van der Waals surface area contributed by atoms with Gasteiger partial charge in [-0.25, -0.2) is 0 Å². The Morgan fingerprint density at radius 1 is 0.848 bits per heavy atom. The minimum absolute atomic E-state index is 0.0237. The second-order valence-electron chi connectivity index (χ2n) is 15.5. The molecule has 5 rings (SSSR count). The summed E-state index contributed by atoms with van der Waals surface area (Å²) in [5.41, 5.74) is 12.1. The fraction of sp³-hybridized carbons (Fsp3) is 0.409. The predicted molar refractivity (Wildman–Crippen MR) is 241 cm³/mol. The van der Waals surface area contributed by atoms with Crippen LogP contribution in [0.5, 0.6) is 0 Å². The maximum atomic E-state index is 15.0. The number of primary amides is 1. The van der Waals surface area contributed by atoms with E-state index in [0.717, 1.165) is 4.90 Å². The molecule has 3 heterocycles. The quantitative estimate of drug-likeness (QED) is 0.0509. The Balaban J connectivity index is 1.69. The number of nitrogens with zero attached hydrogens (tertiary/aromatic N) is 2. The molecule has 11 N–H and O–H groups in total. The summed E-state index contributed by atoms with van der Waals surface area (Å²) in [6, 6.07) is 6.41. The third-order valence-corrected chi connectivity index (χ3v) is 11.7. The summed E-state index contributed by atoms with van der Waals surface area (Å²) in [6.07, 6.45) is 3.00. The number of imide groups is 1. The molecule has 0 saturated carbocycles. The number of amides is 9. The van der Waals surface area contributed by atoms with Gasteiger partial charge in [0.2, 0.25) is 35.3 Å². The van der Waals surface area contributed by atoms with E-state index in [2.05, 4.69) is 31.6 Å². The molecular weight excluding hydrogens is 877 g/mol. The molecule has 9 amide bonds. The number of H-pyrrole nitrogens is 1. The van der Waals surface area contributed by atoms with Crippen LogP contribution in [-0.4, -0.2) is 147 Å². The van der Waals surface area contributed by atoms with Gasteiger partial charge in [0.1, 0.15) is 29.9 Å². The number of thioether (sulfide) groups is 1. The molecule has 0 spiro atoms. The molecule has 22 heteroatoms. The van der Waals surface area contributed by atoms with Crippen LogP contribution in [0.3, 0.4) is 0 Å². The van der Waals surface area contributed by atoms with Crippen molar-refractivity contribution in [2.75, 3.05) is 38.2 Å². The van der Waals surface area contributed by atoms with Crippen molar-refractivity contribution in [1.29, 1.82) is 0 Å². The number of benzene rings is 2. The van der Waals surface area contributed by atoms with E-state index in [-0.39, 0.29) is 50.3 Å². The summed E-state index contributed by atoms with van der Waals surface area (Å²) in [4.78, 5) is 145. The van der Waals surface area contributed by atoms with Gasteiger partial charge in [-0.3, -0.25) is 52.8 Å². The standard InChI is InChI=1S/C44H54N10O11S/c1-66-21-17-29-37(58)41(62)50-30(14-16-36(57)47-18-20-55)38(59)52-32(22-26-24-48-28-11-6-5-10-27(26)28)39(60)51-31(13-15-35(46)56)43(64)54(42(63)25-8-3-2-4-9-25)34(23-45)44(65)53-19-7-12-33(53)40(61)49-29/h2-6,8-11,22,24,29-31,33-34,48,55H,7,12-21,23,45H2,1H3,(H2,46,56)(H,47,57)(H,49,61)(H,50,62)(H,51,60)(H,52,59)/b32-22+/t29-,30+,31?,33-,34-/m0/s1. The number of aromatic nitrogens is 1. The molecular formula is C44H54N10O11S. The van der Waals surface area contributed by atoms with Gasteiger partial charge in [0.05, 0.1) is 12.6 Å². The number of para-hydroxylation sites is 1. The van der Waals surface area contributed by atoms with Gasteiger partial charge in [0, 0.05) is 60.7 Å². The SMILES string of the molecule is CSCC[C@@H]1NC(=O)[C@@H]2CCCN2C(=O)[C@H](CN)N(C(=O)c2ccccc2)C(=O)C(CCC(N)=O)NC(=O)/C(=C\c2c[nH]c3ccccc23)NC(=O)[C@@H](CCC(=O)NCCO)NC(=O)C1=O. The first kappa shape index (κ1) is 50.1. The second kappa shape index (κ2) is 23.9. The third kappa shape index (κ3) is 12.7. The summed E-state index contributed by atoms with van der Waals surface area (Å²) < 4.78 is 0. The van der Waals surface area contributed by atoms with Crippen LogP contribution in [0.2, 0.25) is 0 Å². The van der Waals surface area contributed by atoms with Gasteiger partial charge >= 0.3 is 0 Å². The Hall–Kier alpha value is -6.91. The molecule has 0 radical (unpaired) electrons. The minimum atomic E-state index is -1.79. The van der Waals surface area contributed by atoms with Crippen LogP contribution in [0.15, 0.2) is 66.5 Å². The lowest BCUT2D eigenvalue weighted by molar-refractivity contribution is -0.147. The van der Waals surface area contributed by atoms with Crippen LogP contribution >= 0.6 is 11.8 Å². The highest BCUT2D eigenvalue weighted by molar-refractivity contribution is 7.98. The van der Waals surface area contributed by atoms with Gasteiger partial charge in [0.25, 0.3) is 23.6 Å². The number of hydrogen-bond acceptors (Lipinski definition) is 13. The molecule has 0 bridgehead atoms. The van der Waals surface area contributed by atoms with Crippen LogP contribution in [0, 0.1) is 0 Å². The lowest BCUT2D eigenvalue weighted by Crippen LogP contribution is -2.62. The van der Waals surface area contributed by atoms with Crippen molar-refractivity contribution in [3.8, 4) is 0 Å². The summed E-state index contributed by atoms with van der Waals surface area (Å²) >= 11 is 1.32. The number of carbonyl (C=O) groups excluding carboxylic acids is 10. The predicted octanol–water partition coefficient (Wildman–Crippen LogP) is -1.44. The van der Waals surface area contributed by atoms with Crippen LogP contribution in [-0.2, 0) is 43.2 Å². The Labute approximate surface area is 383 Å². The third-order valence-electron chi connectivity index (χ3n) is 11.0. The van der Waals surface area contributed by atoms with Gasteiger partial charge in [0.15, 0.2) is 0 Å². The number of nitrogens with one attached hydrogen (secondary N) is 6. The van der Waals surface area contributed by atoms with Crippen molar-refractivity contribution >= 4 is 87.7 Å². The summed E-state index contributed by atoms with van der Waals surface area (Å²) in [5.74, 6) is -9.83. The van der Waals surface area contributed by atoms with Crippen molar-refractivity contribution in [3.05, 3.63) is 77.6 Å². The highest BCUT2D eigenvalue weighted by atomic mass is 32.2. The minimum Gasteiger partial charge on any atom is -0.395 e. The van der Waals surface area contributed by atoms with Gasteiger partial charge < -0.3 is 53.0 Å². The van der Waals surface area contributed by atoms with Crippen molar-refractivity contribution in [2.45, 2.75) is 75.2 Å². The van der Waals surface area contributed by atoms with E-state index in [4.69, 9.17) is 11.5 Å². The van der Waals surface area contributed by atoms with Gasteiger partial charge in [-0.15, -0.1) is 0 Å². The normalized spacial score (nSPS) is 22.1. The van der Waals surface area contributed by atoms with E-state index >= 15 is 0 Å². The maximum Gasteiger partial charge on any atom is 0.290 e. The number of Topliss-reactive ketones (excluding diaryl/α,β-unsaturated/α-hetero) is 1. The molecule has 66 heavy (non-hydrogen) atoms. The van der Waals surface area contributed by atoms with Gasteiger partial charge in [-0.05, 0) is 68.4 Å². The fourth-order valence-electron chi connectivity index (χ4n) is 7.61. The molecule has 5 atom stereocenters. The first-order chi connectivity index (χ1) is 31.7. The van der Waals surface area contributed by atoms with E-state index in [1.165, 1.54) is 48.3 Å². The van der Waals surface area contributed by atoms with Gasteiger partial charge in [-0.1, -0.05) is 36.4 Å². The van der Waals surface area contributed by atoms with E-state index in [1.54, 1.807) is 36.6 Å². The monoisotopic (exact) mass is 930 g/mol. The van der Waals surface area contributed by atoms with Crippen LogP contribution in [0.1, 0.15) is 60.9 Å². The highest BCUT2D eigenvalue weighted by Crippen LogP contribution is 2.24. The van der Waals surface area contributed by atoms with Crippen molar-refractivity contribution < 1.29 is 53.1 Å². The fourth-order valence-corrected chi connectivity index (χ4v) is 8.08. The van der Waals surface area contributed by atoms with Crippen LogP contribution in [0.25, 0.3) is 17.0 Å². The van der Waals surface area contributed by atoms with E-state index < -0.39 is 127 Å². The van der Waals surface area contributed by atoms with Crippen molar-refractivity contribution in [2.24, 2.45) is 11.5 Å². The average Bonchev–Trinajstić information content (AvgIpc) is 3.98. The molecule has 21 nitrogen and oxygen atoms in total. The molecule has 0 aliphatic carbocycles. The lowest BCUT2D eigenvalue weighted by Gasteiger charge is -2.35. The van der Waals surface area contributed by atoms with Crippen LogP contribution in [0.4, 0.5) is 0 Å². The van der Waals surface area contributed by atoms with E-state index in [0.29, 0.717) is 21.4 Å². The molecule has 2 fully saturated rings. The highest BCUT2D eigenvalue weighted by Gasteiger charge is 2.45. The Kier molecular flexibility index (Phi) is 18.1. The van der Waals surface area contributed by atoms with Crippen molar-refractivity contribution in [3.63, 3.8) is 0 Å². The summed E-state index contributed by atoms with van der Waals surface area (Å²) in [6.45, 7) is -1.18. The largest absolute Gasteiger partial charge is 0.395 e. The second-order valence-corrected chi connectivity index (χ2v) is 16.5. The molecule has 2 saturated heterocycles. The number of fused-ring (bicyclic) bond motifs is 2. The van der Waals surface area contributed by atoms with Crippen molar-refractivity contribution in [1.82, 2.24) is 41.4 Å². The zero-order valence-corrected chi connectivity index (χ0v) is 37.0. The lowest BCUT2D eigenvalue weighted by atomic mass is 10.0. The molecule has 1 aromatic heterocycles. The molecule has 1 unspecified atom stereocenters. The topological polar surface area (TPSA) is 325 Å². The number of carbonyl (C=O) groups is 10. The molecule has 2 aliphatic rings. The molecule has 2 aliphatic heterocycles. The number of nitrogens with two attached hydrogens (primary N) is 2. The zero-order valence-electron chi connectivity index (χ0n) is 36.2. The van der Waals surface area contributed by atoms with E-state index in [9.17, 15) is 53.1 Å². The first-order valence-corrected chi connectivity index (χ1v) is 22.7. The summed E-state index contributed by atoms with van der Waals surface area (Å²) in [5, 5.41) is 22.2. The zero-order chi connectivity index (χ0) is 47.9. The summed E-state index contributed by atoms with van der Waals surface area (Å²) in [7, 11) is 0. The number of ketones is 1. The van der Waals surface area contributed by atoms with E-state index in [1.807, 2.05) is 0 Å². The Morgan fingerprint density at radius 2 is 1.55 bits per heavy atom. The number of aliphatic hydroxyl groups excluding tert-OH is 1. The van der Waals surface area contributed by atoms with Crippen LogP contribution < -0.4 is 38.1 Å². The molecule has 3 aromatic rings. The first-order valence-electron chi connectivity index (χ1n) is 21.3. The smallest absolute Gasteiger partial charge is 0.290 e. The maximum absolute atomic E-state index is 15.0. The molecule has 352 valence electrons. The Bertz CT molecular complexity index is 2360. The number of aliphatic hydroxyl groups is 1. The average molecular weight is 931 g/mol.